The van der Waals surface area contributed by atoms with Gasteiger partial charge in [-0.15, -0.1) is 0 Å². The van der Waals surface area contributed by atoms with E-state index in [9.17, 15) is 4.79 Å². The number of rotatable bonds is 11. The number of hydrogen-bond acceptors (Lipinski definition) is 2. The summed E-state index contributed by atoms with van der Waals surface area (Å²) in [6, 6.07) is 0. The molecule has 2 heteroatoms. The Labute approximate surface area is 113 Å². The van der Waals surface area contributed by atoms with E-state index < -0.39 is 0 Å². The van der Waals surface area contributed by atoms with Crippen molar-refractivity contribution >= 4 is 5.97 Å². The maximum absolute atomic E-state index is 12.2. The molecule has 0 fully saturated rings. The van der Waals surface area contributed by atoms with Crippen LogP contribution >= 0.6 is 0 Å². The minimum Gasteiger partial charge on any atom is -0.466 e. The lowest BCUT2D eigenvalue weighted by atomic mass is 9.76. The Kier molecular flexibility index (Phi) is 10.1. The molecule has 1 atom stereocenters. The van der Waals surface area contributed by atoms with Crippen molar-refractivity contribution in [2.75, 3.05) is 6.61 Å². The lowest BCUT2D eigenvalue weighted by Crippen LogP contribution is -2.32. The first-order chi connectivity index (χ1) is 8.66. The molecule has 108 valence electrons. The van der Waals surface area contributed by atoms with E-state index in [1.807, 2.05) is 6.92 Å². The standard InChI is InChI=1S/C16H32O2/c1-5-9-11-12-14-16(7-3,13-10-6-2)15(17)18-8-4/h5-14H2,1-4H3. The molecule has 0 aromatic rings. The molecule has 0 aromatic carbocycles. The Morgan fingerprint density at radius 3 is 2.00 bits per heavy atom. The van der Waals surface area contributed by atoms with Crippen LogP contribution in [0.1, 0.15) is 85.5 Å². The van der Waals surface area contributed by atoms with Crippen molar-refractivity contribution < 1.29 is 9.53 Å². The highest BCUT2D eigenvalue weighted by atomic mass is 16.5. The van der Waals surface area contributed by atoms with Crippen molar-refractivity contribution in [1.29, 1.82) is 0 Å². The third kappa shape index (κ3) is 5.88. The van der Waals surface area contributed by atoms with E-state index in [1.165, 1.54) is 19.3 Å². The first kappa shape index (κ1) is 17.5. The highest BCUT2D eigenvalue weighted by molar-refractivity contribution is 5.76. The van der Waals surface area contributed by atoms with Crippen molar-refractivity contribution in [2.45, 2.75) is 85.5 Å². The molecular weight excluding hydrogens is 224 g/mol. The monoisotopic (exact) mass is 256 g/mol. The van der Waals surface area contributed by atoms with Gasteiger partial charge in [0.15, 0.2) is 0 Å². The maximum Gasteiger partial charge on any atom is 0.312 e. The lowest BCUT2D eigenvalue weighted by Gasteiger charge is -2.30. The highest BCUT2D eigenvalue weighted by Crippen LogP contribution is 2.36. The van der Waals surface area contributed by atoms with Crippen molar-refractivity contribution in [3.63, 3.8) is 0 Å². The topological polar surface area (TPSA) is 26.3 Å². The highest BCUT2D eigenvalue weighted by Gasteiger charge is 2.36. The Balaban J connectivity index is 4.48. The van der Waals surface area contributed by atoms with Crippen LogP contribution < -0.4 is 0 Å². The molecule has 0 aliphatic heterocycles. The van der Waals surface area contributed by atoms with Gasteiger partial charge in [-0.3, -0.25) is 4.79 Å². The molecule has 0 radical (unpaired) electrons. The summed E-state index contributed by atoms with van der Waals surface area (Å²) < 4.78 is 5.31. The van der Waals surface area contributed by atoms with Crippen LogP contribution in [-0.4, -0.2) is 12.6 Å². The Morgan fingerprint density at radius 2 is 1.50 bits per heavy atom. The second-order valence-corrected chi connectivity index (χ2v) is 5.27. The van der Waals surface area contributed by atoms with E-state index >= 15 is 0 Å². The number of carbonyl (C=O) groups is 1. The van der Waals surface area contributed by atoms with E-state index in [4.69, 9.17) is 4.74 Å². The summed E-state index contributed by atoms with van der Waals surface area (Å²) in [5.74, 6) is 0.0393. The molecule has 0 amide bonds. The predicted molar refractivity (Wildman–Crippen MR) is 77.6 cm³/mol. The molecule has 18 heavy (non-hydrogen) atoms. The molecule has 0 saturated carbocycles. The second-order valence-electron chi connectivity index (χ2n) is 5.27. The van der Waals surface area contributed by atoms with E-state index in [2.05, 4.69) is 20.8 Å². The van der Waals surface area contributed by atoms with Crippen molar-refractivity contribution in [3.8, 4) is 0 Å². The Morgan fingerprint density at radius 1 is 0.889 bits per heavy atom. The van der Waals surface area contributed by atoms with Gasteiger partial charge < -0.3 is 4.74 Å². The minimum atomic E-state index is -0.209. The summed E-state index contributed by atoms with van der Waals surface area (Å²) in [4.78, 5) is 12.2. The summed E-state index contributed by atoms with van der Waals surface area (Å²) in [7, 11) is 0. The van der Waals surface area contributed by atoms with Gasteiger partial charge in [-0.1, -0.05) is 59.3 Å². The fraction of sp³-hybridized carbons (Fsp3) is 0.938. The van der Waals surface area contributed by atoms with Crippen molar-refractivity contribution in [1.82, 2.24) is 0 Å². The molecular formula is C16H32O2. The molecule has 0 rings (SSSR count). The van der Waals surface area contributed by atoms with Crippen LogP contribution in [0.2, 0.25) is 0 Å². The van der Waals surface area contributed by atoms with E-state index in [1.54, 1.807) is 0 Å². The van der Waals surface area contributed by atoms with Gasteiger partial charge in [-0.25, -0.2) is 0 Å². The van der Waals surface area contributed by atoms with Crippen LogP contribution in [0.4, 0.5) is 0 Å². The van der Waals surface area contributed by atoms with E-state index in [-0.39, 0.29) is 11.4 Å². The van der Waals surface area contributed by atoms with Crippen LogP contribution in [0.3, 0.4) is 0 Å². The van der Waals surface area contributed by atoms with Crippen molar-refractivity contribution in [3.05, 3.63) is 0 Å². The fourth-order valence-corrected chi connectivity index (χ4v) is 2.52. The molecule has 0 saturated heterocycles. The minimum absolute atomic E-state index is 0.0393. The van der Waals surface area contributed by atoms with Gasteiger partial charge in [0.2, 0.25) is 0 Å². The Bertz CT molecular complexity index is 213. The second kappa shape index (κ2) is 10.4. The van der Waals surface area contributed by atoms with Crippen molar-refractivity contribution in [2.24, 2.45) is 5.41 Å². The summed E-state index contributed by atoms with van der Waals surface area (Å²) in [6.45, 7) is 8.93. The number of carbonyl (C=O) groups excluding carboxylic acids is 1. The quantitative estimate of drug-likeness (QED) is 0.379. The fourth-order valence-electron chi connectivity index (χ4n) is 2.52. The lowest BCUT2D eigenvalue weighted by molar-refractivity contribution is -0.157. The molecule has 0 aliphatic rings. The molecule has 2 nitrogen and oxygen atoms in total. The number of hydrogen-bond donors (Lipinski definition) is 0. The average molecular weight is 256 g/mol. The molecule has 1 unspecified atom stereocenters. The molecule has 0 bridgehead atoms. The van der Waals surface area contributed by atoms with Gasteiger partial charge in [-0.2, -0.15) is 0 Å². The van der Waals surface area contributed by atoms with Crippen LogP contribution in [-0.2, 0) is 9.53 Å². The smallest absolute Gasteiger partial charge is 0.312 e. The predicted octanol–water partition coefficient (Wildman–Crippen LogP) is 5.11. The first-order valence-electron chi connectivity index (χ1n) is 7.84. The summed E-state index contributed by atoms with van der Waals surface area (Å²) in [5.41, 5.74) is -0.209. The van der Waals surface area contributed by atoms with Gasteiger partial charge >= 0.3 is 5.97 Å². The third-order valence-corrected chi connectivity index (χ3v) is 3.90. The van der Waals surface area contributed by atoms with Crippen LogP contribution in [0, 0.1) is 5.41 Å². The number of ether oxygens (including phenoxy) is 1. The summed E-state index contributed by atoms with van der Waals surface area (Å²) >= 11 is 0. The largest absolute Gasteiger partial charge is 0.466 e. The molecule has 0 N–H and O–H groups in total. The molecule has 0 aliphatic carbocycles. The van der Waals surface area contributed by atoms with Crippen LogP contribution in [0.5, 0.6) is 0 Å². The van der Waals surface area contributed by atoms with Gasteiger partial charge in [0.1, 0.15) is 0 Å². The molecule has 0 heterocycles. The maximum atomic E-state index is 12.2. The number of esters is 1. The van der Waals surface area contributed by atoms with Gasteiger partial charge in [-0.05, 0) is 26.2 Å². The van der Waals surface area contributed by atoms with Gasteiger partial charge in [0, 0.05) is 0 Å². The zero-order chi connectivity index (χ0) is 13.9. The van der Waals surface area contributed by atoms with E-state index in [0.29, 0.717) is 6.61 Å². The zero-order valence-corrected chi connectivity index (χ0v) is 12.9. The SMILES string of the molecule is CCCCCCC(CC)(CCCC)C(=O)OCC. The average Bonchev–Trinajstić information content (AvgIpc) is 2.39. The summed E-state index contributed by atoms with van der Waals surface area (Å²) in [6.07, 6.45) is 10.1. The molecule has 0 spiro atoms. The van der Waals surface area contributed by atoms with E-state index in [0.717, 1.165) is 38.5 Å². The van der Waals surface area contributed by atoms with Gasteiger partial charge in [0.05, 0.1) is 12.0 Å². The van der Waals surface area contributed by atoms with Crippen LogP contribution in [0.15, 0.2) is 0 Å². The zero-order valence-electron chi connectivity index (χ0n) is 12.9. The normalized spacial score (nSPS) is 14.2. The molecule has 0 aromatic heterocycles. The first-order valence-corrected chi connectivity index (χ1v) is 7.84. The Hall–Kier alpha value is -0.530. The summed E-state index contributed by atoms with van der Waals surface area (Å²) in [5, 5.41) is 0. The third-order valence-electron chi connectivity index (χ3n) is 3.90. The number of unbranched alkanes of at least 4 members (excludes halogenated alkanes) is 4. The van der Waals surface area contributed by atoms with Crippen LogP contribution in [0.25, 0.3) is 0 Å². The van der Waals surface area contributed by atoms with Gasteiger partial charge in [0.25, 0.3) is 0 Å².